The summed E-state index contributed by atoms with van der Waals surface area (Å²) in [6.45, 7) is 2.41. The molecule has 2 N–H and O–H groups in total. The molecule has 3 unspecified atom stereocenters. The van der Waals surface area contributed by atoms with Crippen LogP contribution in [0.25, 0.3) is 0 Å². The summed E-state index contributed by atoms with van der Waals surface area (Å²) in [6, 6.07) is 0. The van der Waals surface area contributed by atoms with Crippen LogP contribution >= 0.6 is 0 Å². The second-order valence-corrected chi connectivity index (χ2v) is 4.96. The molecule has 6 heteroatoms. The number of nitrogens with two attached hydrogens (primary N) is 1. The van der Waals surface area contributed by atoms with E-state index in [1.54, 1.807) is 0 Å². The zero-order valence-electron chi connectivity index (χ0n) is 10.4. The van der Waals surface area contributed by atoms with Crippen molar-refractivity contribution in [3.8, 4) is 0 Å². The summed E-state index contributed by atoms with van der Waals surface area (Å²) in [7, 11) is 0. The van der Waals surface area contributed by atoms with Gasteiger partial charge >= 0.3 is 0 Å². The molecule has 0 amide bonds. The summed E-state index contributed by atoms with van der Waals surface area (Å²) in [5.41, 5.74) is 5.78. The van der Waals surface area contributed by atoms with Gasteiger partial charge in [0, 0.05) is 5.92 Å². The molecule has 6 nitrogen and oxygen atoms in total. The first-order valence-corrected chi connectivity index (χ1v) is 6.61. The molecule has 1 aliphatic heterocycles. The summed E-state index contributed by atoms with van der Waals surface area (Å²) < 4.78 is 16.3. The van der Waals surface area contributed by atoms with E-state index in [0.717, 1.165) is 12.8 Å². The fourth-order valence-electron chi connectivity index (χ4n) is 2.81. The van der Waals surface area contributed by atoms with Gasteiger partial charge in [-0.15, -0.1) is 0 Å². The molecular formula is C12H19N3O3. The molecule has 0 radical (unpaired) electrons. The van der Waals surface area contributed by atoms with E-state index in [1.165, 1.54) is 6.42 Å². The molecule has 2 fully saturated rings. The molecule has 0 aromatic carbocycles. The second kappa shape index (κ2) is 5.34. The van der Waals surface area contributed by atoms with Crippen LogP contribution < -0.4 is 5.73 Å². The van der Waals surface area contributed by atoms with E-state index in [9.17, 15) is 0 Å². The van der Waals surface area contributed by atoms with Gasteiger partial charge in [0.25, 0.3) is 0 Å². The molecule has 18 heavy (non-hydrogen) atoms. The third kappa shape index (κ3) is 2.28. The lowest BCUT2D eigenvalue weighted by molar-refractivity contribution is -0.0941. The van der Waals surface area contributed by atoms with Crippen molar-refractivity contribution < 1.29 is 14.0 Å². The van der Waals surface area contributed by atoms with Crippen molar-refractivity contribution in [2.24, 2.45) is 11.7 Å². The Morgan fingerprint density at radius 3 is 3.00 bits per heavy atom. The standard InChI is InChI=1S/C12H19N3O3/c13-6-8-2-1-3-9(8)12-14-11(15-18-12)10-7-16-4-5-17-10/h8-10H,1-7,13H2. The van der Waals surface area contributed by atoms with Gasteiger partial charge < -0.3 is 19.7 Å². The Hall–Kier alpha value is -0.980. The van der Waals surface area contributed by atoms with Crippen molar-refractivity contribution in [3.05, 3.63) is 11.7 Å². The average Bonchev–Trinajstić information content (AvgIpc) is 3.08. The zero-order valence-corrected chi connectivity index (χ0v) is 10.4. The summed E-state index contributed by atoms with van der Waals surface area (Å²) in [6.07, 6.45) is 3.25. The van der Waals surface area contributed by atoms with Gasteiger partial charge in [0.1, 0.15) is 6.10 Å². The lowest BCUT2D eigenvalue weighted by atomic mass is 9.96. The molecule has 2 aliphatic rings. The lowest BCUT2D eigenvalue weighted by Crippen LogP contribution is -2.23. The number of hydrogen-bond acceptors (Lipinski definition) is 6. The third-order valence-electron chi connectivity index (χ3n) is 3.84. The van der Waals surface area contributed by atoms with E-state index in [0.29, 0.717) is 49.9 Å². The van der Waals surface area contributed by atoms with Crippen LogP contribution in [0.15, 0.2) is 4.52 Å². The summed E-state index contributed by atoms with van der Waals surface area (Å²) in [5.74, 6) is 2.11. The van der Waals surface area contributed by atoms with E-state index in [1.807, 2.05) is 0 Å². The molecule has 1 saturated carbocycles. The maximum Gasteiger partial charge on any atom is 0.230 e. The van der Waals surface area contributed by atoms with Crippen molar-refractivity contribution in [1.82, 2.24) is 10.1 Å². The first-order chi connectivity index (χ1) is 8.88. The SMILES string of the molecule is NCC1CCCC1c1nc(C2COCCO2)no1. The highest BCUT2D eigenvalue weighted by Gasteiger charge is 2.33. The Kier molecular flexibility index (Phi) is 3.58. The van der Waals surface area contributed by atoms with Crippen LogP contribution in [-0.2, 0) is 9.47 Å². The van der Waals surface area contributed by atoms with Gasteiger partial charge in [0.05, 0.1) is 19.8 Å². The molecule has 0 spiro atoms. The van der Waals surface area contributed by atoms with Crippen molar-refractivity contribution in [1.29, 1.82) is 0 Å². The minimum absolute atomic E-state index is 0.186. The molecule has 3 rings (SSSR count). The van der Waals surface area contributed by atoms with Crippen LogP contribution in [-0.4, -0.2) is 36.5 Å². The van der Waals surface area contributed by atoms with E-state index >= 15 is 0 Å². The maximum absolute atomic E-state index is 5.78. The fourth-order valence-corrected chi connectivity index (χ4v) is 2.81. The highest BCUT2D eigenvalue weighted by molar-refractivity contribution is 5.02. The number of rotatable bonds is 3. The lowest BCUT2D eigenvalue weighted by Gasteiger charge is -2.19. The van der Waals surface area contributed by atoms with Crippen molar-refractivity contribution in [2.75, 3.05) is 26.4 Å². The number of ether oxygens (including phenoxy) is 2. The third-order valence-corrected chi connectivity index (χ3v) is 3.84. The maximum atomic E-state index is 5.78. The van der Waals surface area contributed by atoms with Crippen molar-refractivity contribution >= 4 is 0 Å². The van der Waals surface area contributed by atoms with Crippen LogP contribution in [0.1, 0.15) is 43.0 Å². The van der Waals surface area contributed by atoms with Gasteiger partial charge in [0.15, 0.2) is 0 Å². The second-order valence-electron chi connectivity index (χ2n) is 4.96. The Morgan fingerprint density at radius 2 is 2.22 bits per heavy atom. The van der Waals surface area contributed by atoms with Gasteiger partial charge in [-0.3, -0.25) is 0 Å². The van der Waals surface area contributed by atoms with Crippen molar-refractivity contribution in [3.63, 3.8) is 0 Å². The van der Waals surface area contributed by atoms with Crippen LogP contribution in [0.3, 0.4) is 0 Å². The average molecular weight is 253 g/mol. The fraction of sp³-hybridized carbons (Fsp3) is 0.833. The first kappa shape index (κ1) is 12.1. The topological polar surface area (TPSA) is 83.4 Å². The first-order valence-electron chi connectivity index (χ1n) is 6.61. The van der Waals surface area contributed by atoms with Gasteiger partial charge in [-0.1, -0.05) is 11.6 Å². The molecule has 2 heterocycles. The zero-order chi connectivity index (χ0) is 12.4. The predicted molar refractivity (Wildman–Crippen MR) is 62.9 cm³/mol. The summed E-state index contributed by atoms with van der Waals surface area (Å²) >= 11 is 0. The van der Waals surface area contributed by atoms with Crippen LogP contribution in [0, 0.1) is 5.92 Å². The van der Waals surface area contributed by atoms with Crippen LogP contribution in [0.2, 0.25) is 0 Å². The Morgan fingerprint density at radius 1 is 1.28 bits per heavy atom. The Balaban J connectivity index is 1.72. The molecule has 1 saturated heterocycles. The Bertz CT molecular complexity index is 390. The highest BCUT2D eigenvalue weighted by Crippen LogP contribution is 2.38. The number of nitrogens with zero attached hydrogens (tertiary/aromatic N) is 2. The molecule has 1 aromatic heterocycles. The van der Waals surface area contributed by atoms with Crippen LogP contribution in [0.5, 0.6) is 0 Å². The highest BCUT2D eigenvalue weighted by atomic mass is 16.6. The normalized spacial score (nSPS) is 32.8. The van der Waals surface area contributed by atoms with Gasteiger partial charge in [-0.2, -0.15) is 4.98 Å². The minimum atomic E-state index is -0.186. The number of hydrogen-bond donors (Lipinski definition) is 1. The summed E-state index contributed by atoms with van der Waals surface area (Å²) in [5, 5.41) is 4.02. The molecule has 3 atom stereocenters. The molecule has 100 valence electrons. The minimum Gasteiger partial charge on any atom is -0.376 e. The van der Waals surface area contributed by atoms with Gasteiger partial charge in [-0.25, -0.2) is 0 Å². The summed E-state index contributed by atoms with van der Waals surface area (Å²) in [4.78, 5) is 4.48. The van der Waals surface area contributed by atoms with Gasteiger partial charge in [0.2, 0.25) is 11.7 Å². The smallest absolute Gasteiger partial charge is 0.230 e. The van der Waals surface area contributed by atoms with Crippen LogP contribution in [0.4, 0.5) is 0 Å². The molecule has 1 aliphatic carbocycles. The molecule has 1 aromatic rings. The monoisotopic (exact) mass is 253 g/mol. The van der Waals surface area contributed by atoms with E-state index in [4.69, 9.17) is 19.7 Å². The van der Waals surface area contributed by atoms with E-state index in [2.05, 4.69) is 10.1 Å². The van der Waals surface area contributed by atoms with Gasteiger partial charge in [-0.05, 0) is 25.3 Å². The largest absolute Gasteiger partial charge is 0.376 e. The quantitative estimate of drug-likeness (QED) is 0.865. The Labute approximate surface area is 106 Å². The molecule has 0 bridgehead atoms. The van der Waals surface area contributed by atoms with E-state index < -0.39 is 0 Å². The predicted octanol–water partition coefficient (Wildman–Crippen LogP) is 1.000. The van der Waals surface area contributed by atoms with Crippen molar-refractivity contribution in [2.45, 2.75) is 31.3 Å². The molecular weight excluding hydrogens is 234 g/mol. The van der Waals surface area contributed by atoms with E-state index in [-0.39, 0.29) is 6.10 Å². The number of aromatic nitrogens is 2.